The van der Waals surface area contributed by atoms with Crippen molar-refractivity contribution in [1.29, 1.82) is 0 Å². The van der Waals surface area contributed by atoms with Crippen molar-refractivity contribution >= 4 is 5.84 Å². The van der Waals surface area contributed by atoms with Crippen molar-refractivity contribution in [2.24, 2.45) is 16.8 Å². The van der Waals surface area contributed by atoms with Gasteiger partial charge in [0.1, 0.15) is 11.6 Å². The van der Waals surface area contributed by atoms with Crippen molar-refractivity contribution in [3.8, 4) is 5.75 Å². The lowest BCUT2D eigenvalue weighted by molar-refractivity contribution is 0.314. The normalized spacial score (nSPS) is 13.3. The van der Waals surface area contributed by atoms with Crippen LogP contribution in [0.5, 0.6) is 5.75 Å². The quantitative estimate of drug-likeness (QED) is 0.224. The van der Waals surface area contributed by atoms with Crippen molar-refractivity contribution in [2.45, 2.75) is 13.3 Å². The van der Waals surface area contributed by atoms with E-state index in [9.17, 15) is 0 Å². The second kappa shape index (κ2) is 7.55. The molecule has 18 heavy (non-hydrogen) atoms. The molecule has 0 heterocycles. The van der Waals surface area contributed by atoms with Gasteiger partial charge in [-0.25, -0.2) is 0 Å². The number of ether oxygens (including phenoxy) is 1. The van der Waals surface area contributed by atoms with Gasteiger partial charge in [0, 0.05) is 12.5 Å². The van der Waals surface area contributed by atoms with Gasteiger partial charge in [-0.3, -0.25) is 0 Å². The highest BCUT2D eigenvalue weighted by atomic mass is 16.5. The van der Waals surface area contributed by atoms with Crippen molar-refractivity contribution in [1.82, 2.24) is 5.32 Å². The highest BCUT2D eigenvalue weighted by molar-refractivity contribution is 5.82. The summed E-state index contributed by atoms with van der Waals surface area (Å²) in [6, 6.07) is 8.00. The molecule has 0 aliphatic heterocycles. The molecule has 0 spiro atoms. The molecule has 1 rings (SSSR count). The van der Waals surface area contributed by atoms with E-state index >= 15 is 0 Å². The van der Waals surface area contributed by atoms with Gasteiger partial charge in [0.15, 0.2) is 0 Å². The van der Waals surface area contributed by atoms with E-state index in [1.54, 1.807) is 7.11 Å². The van der Waals surface area contributed by atoms with Gasteiger partial charge in [0.25, 0.3) is 0 Å². The van der Waals surface area contributed by atoms with Gasteiger partial charge in [-0.15, -0.1) is 0 Å². The van der Waals surface area contributed by atoms with Crippen molar-refractivity contribution in [3.05, 3.63) is 29.8 Å². The van der Waals surface area contributed by atoms with E-state index in [4.69, 9.17) is 15.7 Å². The lowest BCUT2D eigenvalue weighted by atomic mass is 10.1. The van der Waals surface area contributed by atoms with Gasteiger partial charge in [-0.1, -0.05) is 24.2 Å². The van der Waals surface area contributed by atoms with Crippen LogP contribution < -0.4 is 15.8 Å². The minimum Gasteiger partial charge on any atom is -0.497 e. The molecule has 0 aliphatic rings. The summed E-state index contributed by atoms with van der Waals surface area (Å²) in [4.78, 5) is 0. The summed E-state index contributed by atoms with van der Waals surface area (Å²) in [6.07, 6.45) is 0.917. The summed E-state index contributed by atoms with van der Waals surface area (Å²) in [5, 5.41) is 14.8. The zero-order valence-corrected chi connectivity index (χ0v) is 10.9. The second-order valence-electron chi connectivity index (χ2n) is 4.23. The molecule has 0 radical (unpaired) electrons. The van der Waals surface area contributed by atoms with Crippen LogP contribution in [0.25, 0.3) is 0 Å². The summed E-state index contributed by atoms with van der Waals surface area (Å²) >= 11 is 0. The molecule has 0 saturated heterocycles. The molecule has 0 saturated carbocycles. The largest absolute Gasteiger partial charge is 0.497 e. The van der Waals surface area contributed by atoms with Crippen LogP contribution in [-0.4, -0.2) is 31.2 Å². The first-order valence-electron chi connectivity index (χ1n) is 5.98. The molecule has 0 bridgehead atoms. The summed E-state index contributed by atoms with van der Waals surface area (Å²) < 4.78 is 5.16. The van der Waals surface area contributed by atoms with Gasteiger partial charge in [-0.2, -0.15) is 0 Å². The monoisotopic (exact) mass is 251 g/mol. The van der Waals surface area contributed by atoms with Crippen LogP contribution in [0.4, 0.5) is 0 Å². The van der Waals surface area contributed by atoms with E-state index in [1.165, 1.54) is 5.56 Å². The van der Waals surface area contributed by atoms with Crippen LogP contribution in [0.15, 0.2) is 29.4 Å². The number of oxime groups is 1. The molecular formula is C13H21N3O2. The summed E-state index contributed by atoms with van der Waals surface area (Å²) in [7, 11) is 1.66. The maximum Gasteiger partial charge on any atom is 0.143 e. The first-order valence-corrected chi connectivity index (χ1v) is 5.98. The van der Waals surface area contributed by atoms with Crippen molar-refractivity contribution in [3.63, 3.8) is 0 Å². The van der Waals surface area contributed by atoms with E-state index < -0.39 is 0 Å². The predicted molar refractivity (Wildman–Crippen MR) is 72.1 cm³/mol. The first-order chi connectivity index (χ1) is 8.67. The molecule has 1 aromatic carbocycles. The summed E-state index contributed by atoms with van der Waals surface area (Å²) in [5.41, 5.74) is 6.71. The molecule has 1 unspecified atom stereocenters. The Morgan fingerprint density at radius 2 is 2.33 bits per heavy atom. The molecule has 1 aromatic rings. The van der Waals surface area contributed by atoms with Crippen LogP contribution in [0, 0.1) is 5.92 Å². The third-order valence-electron chi connectivity index (χ3n) is 2.80. The zero-order valence-electron chi connectivity index (χ0n) is 10.9. The first kappa shape index (κ1) is 14.3. The number of nitrogens with one attached hydrogen (secondary N) is 1. The highest BCUT2D eigenvalue weighted by Gasteiger charge is 2.06. The highest BCUT2D eigenvalue weighted by Crippen LogP contribution is 2.12. The zero-order chi connectivity index (χ0) is 13.4. The van der Waals surface area contributed by atoms with Crippen LogP contribution in [0.2, 0.25) is 0 Å². The topological polar surface area (TPSA) is 79.9 Å². The standard InChI is InChI=1S/C13H21N3O2/c1-10(13(14)16-17)9-15-7-6-11-4-3-5-12(8-11)18-2/h3-5,8,10,15,17H,6-7,9H2,1-2H3,(H2,14,16). The maximum absolute atomic E-state index is 8.52. The smallest absolute Gasteiger partial charge is 0.143 e. The molecule has 0 fully saturated rings. The van der Waals surface area contributed by atoms with Gasteiger partial charge >= 0.3 is 0 Å². The van der Waals surface area contributed by atoms with Crippen LogP contribution in [-0.2, 0) is 6.42 Å². The Bertz CT molecular complexity index is 394. The molecule has 0 aliphatic carbocycles. The fraction of sp³-hybridized carbons (Fsp3) is 0.462. The van der Waals surface area contributed by atoms with E-state index in [-0.39, 0.29) is 11.8 Å². The van der Waals surface area contributed by atoms with Crippen LogP contribution in [0.3, 0.4) is 0 Å². The fourth-order valence-electron chi connectivity index (χ4n) is 1.58. The average molecular weight is 251 g/mol. The van der Waals surface area contributed by atoms with Crippen molar-refractivity contribution < 1.29 is 9.94 Å². The molecular weight excluding hydrogens is 230 g/mol. The van der Waals surface area contributed by atoms with Gasteiger partial charge in [-0.05, 0) is 30.7 Å². The Kier molecular flexibility index (Phi) is 6.00. The number of amidine groups is 1. The molecule has 0 amide bonds. The predicted octanol–water partition coefficient (Wildman–Crippen LogP) is 1.21. The van der Waals surface area contributed by atoms with Gasteiger partial charge in [0.05, 0.1) is 7.11 Å². The Hall–Kier alpha value is -1.75. The second-order valence-corrected chi connectivity index (χ2v) is 4.23. The lowest BCUT2D eigenvalue weighted by Crippen LogP contribution is -2.32. The Morgan fingerprint density at radius 3 is 3.00 bits per heavy atom. The Balaban J connectivity index is 2.29. The molecule has 100 valence electrons. The molecule has 1 atom stereocenters. The van der Waals surface area contributed by atoms with E-state index in [0.29, 0.717) is 6.54 Å². The Morgan fingerprint density at radius 1 is 1.56 bits per heavy atom. The molecule has 0 aromatic heterocycles. The van der Waals surface area contributed by atoms with Gasteiger partial charge < -0.3 is 21.0 Å². The number of nitrogens with two attached hydrogens (primary N) is 1. The van der Waals surface area contributed by atoms with E-state index in [2.05, 4.69) is 16.5 Å². The number of benzene rings is 1. The lowest BCUT2D eigenvalue weighted by Gasteiger charge is -2.11. The number of hydrogen-bond acceptors (Lipinski definition) is 4. The molecule has 5 nitrogen and oxygen atoms in total. The summed E-state index contributed by atoms with van der Waals surface area (Å²) in [5.74, 6) is 1.15. The molecule has 5 heteroatoms. The third-order valence-corrected chi connectivity index (χ3v) is 2.80. The molecule has 4 N–H and O–H groups in total. The van der Waals surface area contributed by atoms with Crippen molar-refractivity contribution in [2.75, 3.05) is 20.2 Å². The summed E-state index contributed by atoms with van der Waals surface area (Å²) in [6.45, 7) is 3.45. The maximum atomic E-state index is 8.52. The van der Waals surface area contributed by atoms with Crippen LogP contribution >= 0.6 is 0 Å². The van der Waals surface area contributed by atoms with E-state index in [0.717, 1.165) is 18.7 Å². The minimum absolute atomic E-state index is 0.0281. The average Bonchev–Trinajstić information content (AvgIpc) is 2.42. The SMILES string of the molecule is COc1cccc(CCNCC(C)/C(N)=N/O)c1. The fourth-order valence-corrected chi connectivity index (χ4v) is 1.58. The van der Waals surface area contributed by atoms with E-state index in [1.807, 2.05) is 25.1 Å². The van der Waals surface area contributed by atoms with Crippen LogP contribution in [0.1, 0.15) is 12.5 Å². The number of methoxy groups -OCH3 is 1. The van der Waals surface area contributed by atoms with Gasteiger partial charge in [0.2, 0.25) is 0 Å². The minimum atomic E-state index is 0.0281. The Labute approximate surface area is 108 Å². The number of nitrogens with zero attached hydrogens (tertiary/aromatic N) is 1. The number of rotatable bonds is 7. The number of hydrogen-bond donors (Lipinski definition) is 3. The third kappa shape index (κ3) is 4.63.